The first-order valence-electron chi connectivity index (χ1n) is 6.25. The van der Waals surface area contributed by atoms with E-state index in [1.54, 1.807) is 12.3 Å². The highest BCUT2D eigenvalue weighted by Crippen LogP contribution is 2.27. The van der Waals surface area contributed by atoms with E-state index < -0.39 is 5.91 Å². The third-order valence-corrected chi connectivity index (χ3v) is 3.37. The first kappa shape index (κ1) is 11.9. The lowest BCUT2D eigenvalue weighted by molar-refractivity contribution is 0.0995. The van der Waals surface area contributed by atoms with E-state index in [1.165, 1.54) is 32.1 Å². The Morgan fingerprint density at radius 3 is 2.94 bits per heavy atom. The molecule has 1 aliphatic carbocycles. The van der Waals surface area contributed by atoms with Crippen molar-refractivity contribution in [2.24, 2.45) is 11.7 Å². The summed E-state index contributed by atoms with van der Waals surface area (Å²) in [5.41, 5.74) is 6.42. The summed E-state index contributed by atoms with van der Waals surface area (Å²) in [7, 11) is 0. The van der Waals surface area contributed by atoms with Crippen LogP contribution >= 0.6 is 0 Å². The molecule has 1 aliphatic rings. The molecule has 0 unspecified atom stereocenters. The van der Waals surface area contributed by atoms with Gasteiger partial charge in [-0.05, 0) is 24.5 Å². The van der Waals surface area contributed by atoms with E-state index in [1.807, 2.05) is 6.07 Å². The fourth-order valence-corrected chi connectivity index (χ4v) is 2.39. The molecule has 1 amide bonds. The maximum Gasteiger partial charge on any atom is 0.267 e. The van der Waals surface area contributed by atoms with Crippen molar-refractivity contribution in [3.63, 3.8) is 0 Å². The maximum absolute atomic E-state index is 11.0. The molecule has 1 saturated carbocycles. The molecule has 2 rings (SSSR count). The molecule has 0 spiro atoms. The van der Waals surface area contributed by atoms with Crippen molar-refractivity contribution in [3.8, 4) is 0 Å². The van der Waals surface area contributed by atoms with E-state index in [-0.39, 0.29) is 0 Å². The molecule has 0 aliphatic heterocycles. The minimum absolute atomic E-state index is 0.316. The molecule has 0 saturated heterocycles. The lowest BCUT2D eigenvalue weighted by atomic mass is 10.0. The molecule has 92 valence electrons. The van der Waals surface area contributed by atoms with Gasteiger partial charge in [-0.25, -0.2) is 0 Å². The van der Waals surface area contributed by atoms with Gasteiger partial charge in [-0.1, -0.05) is 25.7 Å². The van der Waals surface area contributed by atoms with Gasteiger partial charge in [-0.15, -0.1) is 0 Å². The number of pyridine rings is 1. The summed E-state index contributed by atoms with van der Waals surface area (Å²) in [6.07, 6.45) is 8.30. The third kappa shape index (κ3) is 3.44. The molecule has 1 fully saturated rings. The number of amides is 1. The summed E-state index contributed by atoms with van der Waals surface area (Å²) in [4.78, 5) is 14.9. The van der Waals surface area contributed by atoms with Crippen LogP contribution in [0, 0.1) is 5.92 Å². The van der Waals surface area contributed by atoms with E-state index in [9.17, 15) is 4.79 Å². The predicted octanol–water partition coefficient (Wildman–Crippen LogP) is 2.17. The number of nitrogens with zero attached hydrogens (tertiary/aromatic N) is 1. The molecule has 0 bridgehead atoms. The number of nitrogens with one attached hydrogen (secondary N) is 1. The molecule has 3 N–H and O–H groups in total. The molecule has 4 heteroatoms. The summed E-state index contributed by atoms with van der Waals surface area (Å²) in [5, 5.41) is 3.32. The predicted molar refractivity (Wildman–Crippen MR) is 67.8 cm³/mol. The summed E-state index contributed by atoms with van der Waals surface area (Å²) in [6.45, 7) is 0.951. The third-order valence-electron chi connectivity index (χ3n) is 3.37. The standard InChI is InChI=1S/C13H19N3O/c14-13(17)12-9-11(6-8-16-12)15-7-5-10-3-1-2-4-10/h6,8-10H,1-5,7H2,(H2,14,17)(H,15,16). The molecule has 1 aromatic heterocycles. The van der Waals surface area contributed by atoms with Gasteiger partial charge in [0.25, 0.3) is 5.91 Å². The molecule has 4 nitrogen and oxygen atoms in total. The van der Waals surface area contributed by atoms with Crippen LogP contribution in [0.4, 0.5) is 5.69 Å². The van der Waals surface area contributed by atoms with E-state index in [0.29, 0.717) is 5.69 Å². The Labute approximate surface area is 102 Å². The van der Waals surface area contributed by atoms with Gasteiger partial charge in [0.1, 0.15) is 5.69 Å². The molecular formula is C13H19N3O. The van der Waals surface area contributed by atoms with Gasteiger partial charge in [0, 0.05) is 18.4 Å². The largest absolute Gasteiger partial charge is 0.385 e. The number of hydrogen-bond donors (Lipinski definition) is 2. The molecular weight excluding hydrogens is 214 g/mol. The van der Waals surface area contributed by atoms with Gasteiger partial charge < -0.3 is 11.1 Å². The van der Waals surface area contributed by atoms with Gasteiger partial charge in [-0.3, -0.25) is 9.78 Å². The zero-order valence-electron chi connectivity index (χ0n) is 9.98. The van der Waals surface area contributed by atoms with E-state index >= 15 is 0 Å². The number of carbonyl (C=O) groups excluding carboxylic acids is 1. The van der Waals surface area contributed by atoms with Gasteiger partial charge in [0.2, 0.25) is 0 Å². The van der Waals surface area contributed by atoms with E-state index in [4.69, 9.17) is 5.73 Å². The van der Waals surface area contributed by atoms with Crippen molar-refractivity contribution in [1.29, 1.82) is 0 Å². The van der Waals surface area contributed by atoms with Gasteiger partial charge in [0.15, 0.2) is 0 Å². The summed E-state index contributed by atoms with van der Waals surface area (Å²) in [6, 6.07) is 3.57. The smallest absolute Gasteiger partial charge is 0.267 e. The number of aromatic nitrogens is 1. The van der Waals surface area contributed by atoms with Crippen LogP contribution in [0.5, 0.6) is 0 Å². The minimum atomic E-state index is -0.482. The fraction of sp³-hybridized carbons (Fsp3) is 0.538. The van der Waals surface area contributed by atoms with Crippen LogP contribution in [0.15, 0.2) is 18.3 Å². The highest BCUT2D eigenvalue weighted by Gasteiger charge is 2.14. The average Bonchev–Trinajstić information content (AvgIpc) is 2.82. The average molecular weight is 233 g/mol. The molecule has 0 aromatic carbocycles. The molecule has 1 heterocycles. The number of nitrogens with two attached hydrogens (primary N) is 1. The Morgan fingerprint density at radius 2 is 2.24 bits per heavy atom. The van der Waals surface area contributed by atoms with Gasteiger partial charge >= 0.3 is 0 Å². The normalized spacial score (nSPS) is 16.0. The molecule has 0 atom stereocenters. The number of anilines is 1. The van der Waals surface area contributed by atoms with Crippen molar-refractivity contribution in [2.75, 3.05) is 11.9 Å². The monoisotopic (exact) mass is 233 g/mol. The Balaban J connectivity index is 1.81. The summed E-state index contributed by atoms with van der Waals surface area (Å²) in [5.74, 6) is 0.393. The molecule has 17 heavy (non-hydrogen) atoms. The fourth-order valence-electron chi connectivity index (χ4n) is 2.39. The second-order valence-corrected chi connectivity index (χ2v) is 4.66. The SMILES string of the molecule is NC(=O)c1cc(NCCC2CCCC2)ccn1. The van der Waals surface area contributed by atoms with Crippen molar-refractivity contribution in [2.45, 2.75) is 32.1 Å². The van der Waals surface area contributed by atoms with Crippen LogP contribution in [0.2, 0.25) is 0 Å². The highest BCUT2D eigenvalue weighted by atomic mass is 16.1. The molecule has 1 aromatic rings. The lowest BCUT2D eigenvalue weighted by Gasteiger charge is -2.10. The summed E-state index contributed by atoms with van der Waals surface area (Å²) < 4.78 is 0. The Kier molecular flexibility index (Phi) is 3.96. The van der Waals surface area contributed by atoms with Crippen molar-refractivity contribution >= 4 is 11.6 Å². The molecule has 0 radical (unpaired) electrons. The summed E-state index contributed by atoms with van der Waals surface area (Å²) >= 11 is 0. The lowest BCUT2D eigenvalue weighted by Crippen LogP contribution is -2.14. The second-order valence-electron chi connectivity index (χ2n) is 4.66. The van der Waals surface area contributed by atoms with Crippen LogP contribution in [0.3, 0.4) is 0 Å². The Bertz CT molecular complexity index is 386. The van der Waals surface area contributed by atoms with Crippen LogP contribution in [-0.4, -0.2) is 17.4 Å². The van der Waals surface area contributed by atoms with E-state index in [2.05, 4.69) is 10.3 Å². The number of hydrogen-bond acceptors (Lipinski definition) is 3. The quantitative estimate of drug-likeness (QED) is 0.819. The van der Waals surface area contributed by atoms with Gasteiger partial charge in [-0.2, -0.15) is 0 Å². The topological polar surface area (TPSA) is 68.0 Å². The zero-order valence-corrected chi connectivity index (χ0v) is 9.98. The Hall–Kier alpha value is -1.58. The van der Waals surface area contributed by atoms with E-state index in [0.717, 1.165) is 18.2 Å². The van der Waals surface area contributed by atoms with Crippen LogP contribution in [0.25, 0.3) is 0 Å². The number of rotatable bonds is 5. The number of carbonyl (C=O) groups is 1. The maximum atomic E-state index is 11.0. The van der Waals surface area contributed by atoms with Crippen LogP contribution in [0.1, 0.15) is 42.6 Å². The first-order chi connectivity index (χ1) is 8.25. The second kappa shape index (κ2) is 5.66. The highest BCUT2D eigenvalue weighted by molar-refractivity contribution is 5.91. The zero-order chi connectivity index (χ0) is 12.1. The van der Waals surface area contributed by atoms with Gasteiger partial charge in [0.05, 0.1) is 0 Å². The first-order valence-corrected chi connectivity index (χ1v) is 6.25. The van der Waals surface area contributed by atoms with Crippen LogP contribution in [-0.2, 0) is 0 Å². The van der Waals surface area contributed by atoms with Crippen LogP contribution < -0.4 is 11.1 Å². The van der Waals surface area contributed by atoms with Crippen molar-refractivity contribution in [3.05, 3.63) is 24.0 Å². The minimum Gasteiger partial charge on any atom is -0.385 e. The number of primary amides is 1. The van der Waals surface area contributed by atoms with Crippen molar-refractivity contribution in [1.82, 2.24) is 4.98 Å². The Morgan fingerprint density at radius 1 is 1.47 bits per heavy atom. The van der Waals surface area contributed by atoms with Crippen molar-refractivity contribution < 1.29 is 4.79 Å².